The summed E-state index contributed by atoms with van der Waals surface area (Å²) in [6.45, 7) is 7.59. The van der Waals surface area contributed by atoms with Crippen LogP contribution in [0.4, 0.5) is 0 Å². The quantitative estimate of drug-likeness (QED) is 0.212. The number of aliphatic hydroxyl groups excluding tert-OH is 3. The van der Waals surface area contributed by atoms with Gasteiger partial charge in [0, 0.05) is 124 Å². The topological polar surface area (TPSA) is 180 Å². The number of hydrogen-bond donors (Lipinski definition) is 5. The van der Waals surface area contributed by atoms with Crippen LogP contribution in [0.5, 0.6) is 0 Å². The van der Waals surface area contributed by atoms with Crippen molar-refractivity contribution in [2.75, 3.05) is 6.61 Å². The van der Waals surface area contributed by atoms with Crippen molar-refractivity contribution in [3.8, 4) is 0 Å². The summed E-state index contributed by atoms with van der Waals surface area (Å²) >= 11 is 1.25. The van der Waals surface area contributed by atoms with Crippen molar-refractivity contribution in [3.63, 3.8) is 0 Å². The minimum atomic E-state index is -2.19. The van der Waals surface area contributed by atoms with E-state index in [-0.39, 0.29) is 124 Å². The molecule has 260 valence electrons. The minimum absolute atomic E-state index is 0. The number of thiophene rings is 1. The average molecular weight is 1120 g/mol. The van der Waals surface area contributed by atoms with Crippen LogP contribution in [-0.4, -0.2) is 97.7 Å². The minimum Gasteiger partial charge on any atom is -0.456 e. The van der Waals surface area contributed by atoms with Gasteiger partial charge < -0.3 is 39.7 Å². The largest absolute Gasteiger partial charge is 0.456 e. The molecule has 11 atom stereocenters. The van der Waals surface area contributed by atoms with Crippen LogP contribution in [-0.2, 0) is 23.8 Å². The molecule has 2 radical (unpaired) electrons. The summed E-state index contributed by atoms with van der Waals surface area (Å²) in [5.74, 6) is -4.73. The monoisotopic (exact) mass is 1120 g/mol. The third-order valence-electron chi connectivity index (χ3n) is 11.7. The fourth-order valence-electron chi connectivity index (χ4n) is 8.54. The average Bonchev–Trinajstić information content (AvgIpc) is 3.58. The maximum Gasteiger partial charge on any atom is 0.339 e. The van der Waals surface area contributed by atoms with Crippen LogP contribution in [0.3, 0.4) is 0 Å². The van der Waals surface area contributed by atoms with E-state index in [1.54, 1.807) is 62.7 Å². The van der Waals surface area contributed by atoms with E-state index < -0.39 is 88.2 Å². The van der Waals surface area contributed by atoms with Crippen molar-refractivity contribution in [3.05, 3.63) is 69.4 Å². The summed E-state index contributed by atoms with van der Waals surface area (Å²) in [5, 5.41) is 62.8. The molecular formula is C35H42Ac2O11S. The van der Waals surface area contributed by atoms with E-state index in [1.165, 1.54) is 24.3 Å². The van der Waals surface area contributed by atoms with Gasteiger partial charge in [0.05, 0.1) is 29.8 Å². The summed E-state index contributed by atoms with van der Waals surface area (Å²) in [7, 11) is 0. The number of carbonyl (C=O) groups excluding carboxylic acids is 3. The Hall–Kier alpha value is -0.0869. The summed E-state index contributed by atoms with van der Waals surface area (Å²) < 4.78 is 17.6. The van der Waals surface area contributed by atoms with E-state index in [1.807, 2.05) is 6.07 Å². The molecule has 5 N–H and O–H groups in total. The molecule has 14 heteroatoms. The van der Waals surface area contributed by atoms with Crippen molar-refractivity contribution in [1.82, 2.24) is 0 Å². The Labute approximate surface area is 360 Å². The second-order valence-electron chi connectivity index (χ2n) is 14.3. The zero-order valence-corrected chi connectivity index (χ0v) is 38.4. The molecule has 2 aromatic rings. The van der Waals surface area contributed by atoms with Gasteiger partial charge in [-0.15, -0.1) is 0 Å². The van der Waals surface area contributed by atoms with E-state index >= 15 is 0 Å². The second kappa shape index (κ2) is 15.0. The Kier molecular flexibility index (Phi) is 12.7. The SMILES string of the molecule is CC1=C2C(O)C(=O)[C@]3(C)C(O)CC4OCC4(O)C3C(OC(=O)c3ccsc3)C(O)(CC1OC(=O)C(O)[C@@H](C)c1ccccc1)C2(C)C.[Ac].[Ac]. The van der Waals surface area contributed by atoms with Gasteiger partial charge in [-0.25, -0.2) is 9.59 Å². The van der Waals surface area contributed by atoms with Gasteiger partial charge in [0.25, 0.3) is 0 Å². The molecule has 0 amide bonds. The van der Waals surface area contributed by atoms with Gasteiger partial charge in [0.1, 0.15) is 29.5 Å². The van der Waals surface area contributed by atoms with Crippen molar-refractivity contribution in [2.45, 2.75) is 101 Å². The molecule has 9 unspecified atom stereocenters. The van der Waals surface area contributed by atoms with Crippen molar-refractivity contribution < 1.29 is 142 Å². The summed E-state index contributed by atoms with van der Waals surface area (Å²) in [5.41, 5.74) is -6.19. The number of ether oxygens (including phenoxy) is 3. The summed E-state index contributed by atoms with van der Waals surface area (Å²) in [6, 6.07) is 10.4. The zero-order chi connectivity index (χ0) is 34.3. The first-order chi connectivity index (χ1) is 22.0. The predicted octanol–water partition coefficient (Wildman–Crippen LogP) is 2.29. The number of fused-ring (bicyclic) bond motifs is 5. The number of ketones is 1. The van der Waals surface area contributed by atoms with Crippen LogP contribution in [0, 0.1) is 105 Å². The number of Topliss-reactive ketones (excluding diaryl/α,β-unsaturated/α-hetero) is 1. The number of aliphatic hydroxyl groups is 5. The van der Waals surface area contributed by atoms with Gasteiger partial charge >= 0.3 is 11.9 Å². The fraction of sp³-hybridized carbons (Fsp3) is 0.571. The zero-order valence-electron chi connectivity index (χ0n) is 28.1. The number of esters is 2. The third kappa shape index (κ3) is 6.47. The van der Waals surface area contributed by atoms with Gasteiger partial charge in [-0.3, -0.25) is 4.79 Å². The van der Waals surface area contributed by atoms with Crippen LogP contribution >= 0.6 is 11.3 Å². The fourth-order valence-corrected chi connectivity index (χ4v) is 9.16. The van der Waals surface area contributed by atoms with E-state index in [4.69, 9.17) is 14.2 Å². The second-order valence-corrected chi connectivity index (χ2v) is 15.1. The molecule has 11 nitrogen and oxygen atoms in total. The summed E-state index contributed by atoms with van der Waals surface area (Å²) in [4.78, 5) is 41.6. The molecule has 3 fully saturated rings. The Bertz CT molecular complexity index is 1600. The smallest absolute Gasteiger partial charge is 0.339 e. The van der Waals surface area contributed by atoms with Gasteiger partial charge in [-0.05, 0) is 42.0 Å². The van der Waals surface area contributed by atoms with Crippen LogP contribution in [0.1, 0.15) is 69.3 Å². The van der Waals surface area contributed by atoms with Crippen molar-refractivity contribution in [2.24, 2.45) is 16.7 Å². The first-order valence-corrected chi connectivity index (χ1v) is 16.8. The molecule has 2 bridgehead atoms. The molecular weight excluding hydrogens is 1080 g/mol. The number of benzene rings is 1. The predicted molar refractivity (Wildman–Crippen MR) is 168 cm³/mol. The number of rotatable bonds is 6. The van der Waals surface area contributed by atoms with Crippen molar-refractivity contribution >= 4 is 29.1 Å². The molecule has 49 heavy (non-hydrogen) atoms. The van der Waals surface area contributed by atoms with Crippen LogP contribution < -0.4 is 0 Å². The number of hydrogen-bond acceptors (Lipinski definition) is 12. The molecule has 1 aliphatic heterocycles. The van der Waals surface area contributed by atoms with E-state index in [0.29, 0.717) is 5.56 Å². The first kappa shape index (κ1) is 41.7. The molecule has 2 heterocycles. The molecule has 1 aromatic heterocycles. The first-order valence-electron chi connectivity index (χ1n) is 15.8. The standard InChI is InChI=1S/C35H42O11S.2Ac/c1-17(19-9-7-6-8-10-19)25(37)31(41)45-21-14-35(43)29(46-30(40)20-11-12-47-15-20)27-33(5,22(36)13-23-34(27,42)16-44-23)28(39)26(38)24(18(21)2)32(35,3)4;;/h6-12,15,17,21-23,25-27,29,36-38,42-43H,13-14,16H2,1-5H3;;/t17-,21?,22?,23?,25?,26?,27?,29?,33+,34?,35?;;/m0../s1. The maximum absolute atomic E-state index is 14.5. The molecule has 0 spiro atoms. The Morgan fingerprint density at radius 3 is 2.27 bits per heavy atom. The Morgan fingerprint density at radius 1 is 1.04 bits per heavy atom. The van der Waals surface area contributed by atoms with Gasteiger partial charge in [-0.1, -0.05) is 51.1 Å². The molecule has 3 aliphatic carbocycles. The van der Waals surface area contributed by atoms with E-state index in [9.17, 15) is 39.9 Å². The Morgan fingerprint density at radius 2 is 1.69 bits per heavy atom. The van der Waals surface area contributed by atoms with E-state index in [2.05, 4.69) is 0 Å². The molecule has 2 saturated carbocycles. The van der Waals surface area contributed by atoms with Crippen LogP contribution in [0.25, 0.3) is 0 Å². The van der Waals surface area contributed by atoms with Crippen molar-refractivity contribution in [1.29, 1.82) is 0 Å². The van der Waals surface area contributed by atoms with Gasteiger partial charge in [0.2, 0.25) is 0 Å². The van der Waals surface area contributed by atoms with E-state index in [0.717, 1.165) is 0 Å². The molecule has 6 rings (SSSR count). The number of carbonyl (C=O) groups is 3. The van der Waals surface area contributed by atoms with Gasteiger partial charge in [-0.2, -0.15) is 11.3 Å². The van der Waals surface area contributed by atoms with Crippen LogP contribution in [0.15, 0.2) is 58.3 Å². The molecule has 1 aromatic carbocycles. The van der Waals surface area contributed by atoms with Gasteiger partial charge in [0.15, 0.2) is 11.9 Å². The normalized spacial score (nSPS) is 37.3. The molecule has 1 saturated heterocycles. The molecule has 4 aliphatic rings. The van der Waals surface area contributed by atoms with Crippen LogP contribution in [0.2, 0.25) is 0 Å². The Balaban J connectivity index is 0.00000270. The third-order valence-corrected chi connectivity index (χ3v) is 12.3. The maximum atomic E-state index is 14.5. The summed E-state index contributed by atoms with van der Waals surface area (Å²) in [6.07, 6.45) is -9.26.